The molecular weight excluding hydrogens is 487 g/mol. The normalized spacial score (nSPS) is 14.4. The summed E-state index contributed by atoms with van der Waals surface area (Å²) in [5.41, 5.74) is 3.97. The van der Waals surface area contributed by atoms with Gasteiger partial charge in [-0.25, -0.2) is 0 Å². The summed E-state index contributed by atoms with van der Waals surface area (Å²) < 4.78 is 50.1. The molecule has 8 nitrogen and oxygen atoms in total. The van der Waals surface area contributed by atoms with Crippen LogP contribution >= 0.6 is 0 Å². The van der Waals surface area contributed by atoms with E-state index in [-0.39, 0.29) is 11.7 Å². The van der Waals surface area contributed by atoms with Crippen LogP contribution in [0.25, 0.3) is 22.0 Å². The number of hydrogen-bond donors (Lipinski definition) is 3. The molecule has 2 aromatic carbocycles. The van der Waals surface area contributed by atoms with Gasteiger partial charge in [-0.2, -0.15) is 18.3 Å². The number of unbranched alkanes of at least 4 members (excludes halogenated alkanes) is 1. The maximum Gasteiger partial charge on any atom is 0.416 e. The van der Waals surface area contributed by atoms with Gasteiger partial charge in [0.1, 0.15) is 6.26 Å². The topological polar surface area (TPSA) is 99.4 Å². The number of anilines is 1. The molecule has 1 aliphatic heterocycles. The van der Waals surface area contributed by atoms with Crippen molar-refractivity contribution in [3.05, 3.63) is 65.7 Å². The molecule has 3 N–H and O–H groups in total. The van der Waals surface area contributed by atoms with E-state index >= 15 is 0 Å². The second-order valence-corrected chi connectivity index (χ2v) is 9.22. The largest absolute Gasteiger partial charge is 0.416 e. The standard InChI is InChI=1S/C26H28F3N5O3/c27-26(28,29)21-6-17(5-18(7-21)15-35)10-30-3-1-2-4-36-22-13-34(14-22)25-9-19(20-11-32-37-16-20)8-24-23(25)12-31-33-24/h5-9,11-12,16,22,30,35H,1-4,10,13-15H2,(H,31,33). The van der Waals surface area contributed by atoms with Crippen LogP contribution in [0.3, 0.4) is 0 Å². The number of aromatic amines is 1. The van der Waals surface area contributed by atoms with Gasteiger partial charge in [-0.3, -0.25) is 5.10 Å². The van der Waals surface area contributed by atoms with E-state index in [9.17, 15) is 18.3 Å². The smallest absolute Gasteiger partial charge is 0.392 e. The molecule has 2 aromatic heterocycles. The van der Waals surface area contributed by atoms with Gasteiger partial charge >= 0.3 is 6.18 Å². The summed E-state index contributed by atoms with van der Waals surface area (Å²) in [4.78, 5) is 2.26. The molecule has 1 aliphatic rings. The predicted octanol–water partition coefficient (Wildman–Crippen LogP) is 4.50. The number of nitrogens with zero attached hydrogens (tertiary/aromatic N) is 3. The predicted molar refractivity (Wildman–Crippen MR) is 132 cm³/mol. The van der Waals surface area contributed by atoms with E-state index in [1.165, 1.54) is 0 Å². The molecule has 0 bridgehead atoms. The molecule has 1 saturated heterocycles. The lowest BCUT2D eigenvalue weighted by molar-refractivity contribution is -0.137. The number of alkyl halides is 3. The summed E-state index contributed by atoms with van der Waals surface area (Å²) in [6.45, 7) is 2.75. The lowest BCUT2D eigenvalue weighted by atomic mass is 10.0. The van der Waals surface area contributed by atoms with E-state index in [1.807, 2.05) is 12.3 Å². The third-order valence-corrected chi connectivity index (χ3v) is 6.48. The second kappa shape index (κ2) is 10.9. The first-order valence-corrected chi connectivity index (χ1v) is 12.2. The average Bonchev–Trinajstić information content (AvgIpc) is 3.55. The van der Waals surface area contributed by atoms with Crippen molar-refractivity contribution < 1.29 is 27.5 Å². The van der Waals surface area contributed by atoms with Gasteiger partial charge in [0.05, 0.1) is 36.2 Å². The zero-order valence-electron chi connectivity index (χ0n) is 20.1. The van der Waals surface area contributed by atoms with Crippen LogP contribution in [-0.2, 0) is 24.1 Å². The lowest BCUT2D eigenvalue weighted by Gasteiger charge is -2.41. The van der Waals surface area contributed by atoms with E-state index in [0.29, 0.717) is 25.3 Å². The van der Waals surface area contributed by atoms with Crippen LogP contribution in [0.5, 0.6) is 0 Å². The molecule has 4 aromatic rings. The fraction of sp³-hybridized carbons (Fsp3) is 0.385. The number of H-pyrrole nitrogens is 1. The van der Waals surface area contributed by atoms with Crippen molar-refractivity contribution in [2.24, 2.45) is 0 Å². The van der Waals surface area contributed by atoms with E-state index < -0.39 is 18.3 Å². The quantitative estimate of drug-likeness (QED) is 0.253. The summed E-state index contributed by atoms with van der Waals surface area (Å²) >= 11 is 0. The SMILES string of the molecule is OCc1cc(CNCCCCOC2CN(c3cc(-c4cnoc4)cc4[nH]ncc34)C2)cc(C(F)(F)F)c1. The number of halogens is 3. The van der Waals surface area contributed by atoms with Gasteiger partial charge in [-0.05, 0) is 60.3 Å². The first kappa shape index (κ1) is 25.2. The Hall–Kier alpha value is -3.41. The average molecular weight is 516 g/mol. The first-order chi connectivity index (χ1) is 17.9. The van der Waals surface area contributed by atoms with Crippen LogP contribution in [0.1, 0.15) is 29.5 Å². The molecule has 196 valence electrons. The van der Waals surface area contributed by atoms with E-state index in [1.54, 1.807) is 18.5 Å². The molecule has 0 unspecified atom stereocenters. The molecule has 0 saturated carbocycles. The molecule has 11 heteroatoms. The van der Waals surface area contributed by atoms with Gasteiger partial charge in [0.15, 0.2) is 0 Å². The first-order valence-electron chi connectivity index (χ1n) is 12.2. The van der Waals surface area contributed by atoms with Crippen molar-refractivity contribution in [2.75, 3.05) is 31.1 Å². The highest BCUT2D eigenvalue weighted by Crippen LogP contribution is 2.35. The fourth-order valence-corrected chi connectivity index (χ4v) is 4.50. The summed E-state index contributed by atoms with van der Waals surface area (Å²) in [5, 5.41) is 24.5. The minimum absolute atomic E-state index is 0.149. The molecule has 0 radical (unpaired) electrons. The molecule has 3 heterocycles. The van der Waals surface area contributed by atoms with Crippen LogP contribution in [0.4, 0.5) is 18.9 Å². The van der Waals surface area contributed by atoms with Crippen molar-refractivity contribution in [1.29, 1.82) is 0 Å². The molecule has 5 rings (SSSR count). The van der Waals surface area contributed by atoms with E-state index in [2.05, 4.69) is 31.6 Å². The highest BCUT2D eigenvalue weighted by molar-refractivity contribution is 5.96. The molecule has 0 atom stereocenters. The van der Waals surface area contributed by atoms with Gasteiger partial charge in [-0.15, -0.1) is 0 Å². The highest BCUT2D eigenvalue weighted by atomic mass is 19.4. The number of hydrogen-bond acceptors (Lipinski definition) is 7. The minimum Gasteiger partial charge on any atom is -0.392 e. The number of aliphatic hydroxyl groups excluding tert-OH is 1. The Morgan fingerprint density at radius 2 is 1.92 bits per heavy atom. The Morgan fingerprint density at radius 1 is 1.08 bits per heavy atom. The zero-order chi connectivity index (χ0) is 25.8. The third kappa shape index (κ3) is 5.95. The number of aliphatic hydroxyl groups is 1. The number of ether oxygens (including phenoxy) is 1. The lowest BCUT2D eigenvalue weighted by Crippen LogP contribution is -2.52. The third-order valence-electron chi connectivity index (χ3n) is 6.48. The Bertz CT molecular complexity index is 1320. The number of fused-ring (bicyclic) bond motifs is 1. The fourth-order valence-electron chi connectivity index (χ4n) is 4.50. The van der Waals surface area contributed by atoms with Crippen molar-refractivity contribution in [2.45, 2.75) is 38.3 Å². The summed E-state index contributed by atoms with van der Waals surface area (Å²) in [5.74, 6) is 0. The van der Waals surface area contributed by atoms with Gasteiger partial charge in [0.2, 0.25) is 0 Å². The van der Waals surface area contributed by atoms with Gasteiger partial charge in [0.25, 0.3) is 0 Å². The van der Waals surface area contributed by atoms with Crippen molar-refractivity contribution in [3.63, 3.8) is 0 Å². The molecule has 1 fully saturated rings. The summed E-state index contributed by atoms with van der Waals surface area (Å²) in [6, 6.07) is 7.83. The van der Waals surface area contributed by atoms with Crippen LogP contribution in [-0.4, -0.2) is 52.8 Å². The number of nitrogens with one attached hydrogen (secondary N) is 2. The maximum atomic E-state index is 13.0. The summed E-state index contributed by atoms with van der Waals surface area (Å²) in [6.07, 6.45) is 2.54. The van der Waals surface area contributed by atoms with Crippen LogP contribution in [0.15, 0.2) is 53.5 Å². The Morgan fingerprint density at radius 3 is 2.68 bits per heavy atom. The second-order valence-electron chi connectivity index (χ2n) is 9.22. The monoisotopic (exact) mass is 515 g/mol. The van der Waals surface area contributed by atoms with Crippen LogP contribution < -0.4 is 10.2 Å². The molecule has 37 heavy (non-hydrogen) atoms. The maximum absolute atomic E-state index is 13.0. The van der Waals surface area contributed by atoms with Crippen molar-refractivity contribution in [1.82, 2.24) is 20.7 Å². The van der Waals surface area contributed by atoms with E-state index in [0.717, 1.165) is 65.8 Å². The molecule has 0 aliphatic carbocycles. The van der Waals surface area contributed by atoms with Gasteiger partial charge < -0.3 is 24.6 Å². The van der Waals surface area contributed by atoms with Crippen LogP contribution in [0.2, 0.25) is 0 Å². The minimum atomic E-state index is -4.43. The molecular formula is C26H28F3N5O3. The Balaban J connectivity index is 1.03. The molecule has 0 amide bonds. The number of rotatable bonds is 11. The number of benzene rings is 2. The van der Waals surface area contributed by atoms with Crippen molar-refractivity contribution in [3.8, 4) is 11.1 Å². The summed E-state index contributed by atoms with van der Waals surface area (Å²) in [7, 11) is 0. The number of aromatic nitrogens is 3. The Kier molecular flexibility index (Phi) is 7.45. The van der Waals surface area contributed by atoms with Gasteiger partial charge in [0, 0.05) is 42.9 Å². The Labute approximate surface area is 211 Å². The van der Waals surface area contributed by atoms with Crippen LogP contribution in [0, 0.1) is 0 Å². The zero-order valence-corrected chi connectivity index (χ0v) is 20.1. The highest BCUT2D eigenvalue weighted by Gasteiger charge is 2.31. The van der Waals surface area contributed by atoms with E-state index in [4.69, 9.17) is 9.26 Å². The van der Waals surface area contributed by atoms with Crippen molar-refractivity contribution >= 4 is 16.6 Å². The van der Waals surface area contributed by atoms with Gasteiger partial charge in [-0.1, -0.05) is 11.2 Å². The molecule has 0 spiro atoms.